The Morgan fingerprint density at radius 1 is 1.58 bits per heavy atom. The van der Waals surface area contributed by atoms with Crippen molar-refractivity contribution in [3.63, 3.8) is 0 Å². The Kier molecular flexibility index (Phi) is 5.77. The zero-order chi connectivity index (χ0) is 9.40. The molecular weight excluding hydrogens is 158 g/mol. The van der Waals surface area contributed by atoms with Gasteiger partial charge in [-0.25, -0.2) is 4.79 Å². The number of alkyl carbamates (subject to hydrolysis) is 1. The van der Waals surface area contributed by atoms with Gasteiger partial charge in [-0.05, 0) is 12.8 Å². The number of carbonyl (C=O) groups is 1. The van der Waals surface area contributed by atoms with Gasteiger partial charge in [-0.1, -0.05) is 0 Å². The minimum absolute atomic E-state index is 0.188. The Morgan fingerprint density at radius 2 is 2.25 bits per heavy atom. The number of amides is 1. The number of unbranched alkanes of at least 4 members (excludes halogenated alkanes) is 1. The second-order valence-electron chi connectivity index (χ2n) is 2.40. The van der Waals surface area contributed by atoms with Crippen LogP contribution in [0, 0.1) is 5.41 Å². The summed E-state index contributed by atoms with van der Waals surface area (Å²) in [5, 5.41) is 9.45. The second-order valence-corrected chi connectivity index (χ2v) is 2.40. The predicted octanol–water partition coefficient (Wildman–Crippen LogP) is 0.449. The van der Waals surface area contributed by atoms with E-state index in [-0.39, 0.29) is 5.84 Å². The topological polar surface area (TPSA) is 88.2 Å². The van der Waals surface area contributed by atoms with E-state index in [1.54, 1.807) is 0 Å². The van der Waals surface area contributed by atoms with Gasteiger partial charge in [0.15, 0.2) is 0 Å². The fourth-order valence-corrected chi connectivity index (χ4v) is 0.703. The summed E-state index contributed by atoms with van der Waals surface area (Å²) in [4.78, 5) is 10.5. The third kappa shape index (κ3) is 6.85. The van der Waals surface area contributed by atoms with Crippen LogP contribution in [0.4, 0.5) is 4.79 Å². The van der Waals surface area contributed by atoms with Gasteiger partial charge in [0.25, 0.3) is 0 Å². The summed E-state index contributed by atoms with van der Waals surface area (Å²) in [6.45, 7) is 0.569. The zero-order valence-electron chi connectivity index (χ0n) is 7.22. The third-order valence-corrected chi connectivity index (χ3v) is 1.33. The second kappa shape index (κ2) is 6.45. The molecule has 0 aliphatic rings. The van der Waals surface area contributed by atoms with E-state index in [2.05, 4.69) is 10.1 Å². The van der Waals surface area contributed by atoms with E-state index in [0.717, 1.165) is 12.8 Å². The Morgan fingerprint density at radius 3 is 2.75 bits per heavy atom. The molecule has 0 atom stereocenters. The van der Waals surface area contributed by atoms with Crippen LogP contribution in [0.3, 0.4) is 0 Å². The van der Waals surface area contributed by atoms with Gasteiger partial charge in [0, 0.05) is 13.0 Å². The lowest BCUT2D eigenvalue weighted by Crippen LogP contribution is -2.24. The number of nitrogens with one attached hydrogen (secondary N) is 2. The van der Waals surface area contributed by atoms with Crippen molar-refractivity contribution in [1.82, 2.24) is 5.32 Å². The maximum Gasteiger partial charge on any atom is 0.406 e. The molecule has 0 saturated carbocycles. The highest BCUT2D eigenvalue weighted by atomic mass is 16.5. The smallest absolute Gasteiger partial charge is 0.406 e. The number of amidine groups is 1. The molecule has 4 N–H and O–H groups in total. The van der Waals surface area contributed by atoms with E-state index in [1.807, 2.05) is 0 Å². The lowest BCUT2D eigenvalue weighted by molar-refractivity contribution is 0.171. The fraction of sp³-hybridized carbons (Fsp3) is 0.714. The summed E-state index contributed by atoms with van der Waals surface area (Å²) in [6, 6.07) is 0. The molecule has 0 radical (unpaired) electrons. The molecular formula is C7H15N3O2. The maximum atomic E-state index is 10.5. The molecule has 12 heavy (non-hydrogen) atoms. The number of hydrogen-bond donors (Lipinski definition) is 3. The number of ether oxygens (including phenoxy) is 1. The Bertz CT molecular complexity index is 159. The van der Waals surface area contributed by atoms with E-state index in [9.17, 15) is 4.79 Å². The third-order valence-electron chi connectivity index (χ3n) is 1.33. The predicted molar refractivity (Wildman–Crippen MR) is 46.2 cm³/mol. The highest BCUT2D eigenvalue weighted by Crippen LogP contribution is 1.92. The molecule has 0 aromatic rings. The van der Waals surface area contributed by atoms with Crippen molar-refractivity contribution in [2.45, 2.75) is 19.3 Å². The van der Waals surface area contributed by atoms with E-state index in [1.165, 1.54) is 7.11 Å². The van der Waals surface area contributed by atoms with Crippen LogP contribution >= 0.6 is 0 Å². The van der Waals surface area contributed by atoms with Crippen molar-refractivity contribution in [1.29, 1.82) is 5.41 Å². The van der Waals surface area contributed by atoms with Gasteiger partial charge < -0.3 is 15.8 Å². The SMILES string of the molecule is COC(=O)NCCCCC(=N)N. The number of methoxy groups -OCH3 is 1. The minimum atomic E-state index is -0.419. The van der Waals surface area contributed by atoms with Gasteiger partial charge in [-0.3, -0.25) is 5.41 Å². The van der Waals surface area contributed by atoms with Crippen molar-refractivity contribution in [3.05, 3.63) is 0 Å². The molecule has 70 valence electrons. The molecule has 5 nitrogen and oxygen atoms in total. The fourth-order valence-electron chi connectivity index (χ4n) is 0.703. The molecule has 0 aliphatic carbocycles. The molecule has 0 bridgehead atoms. The number of hydrogen-bond acceptors (Lipinski definition) is 3. The van der Waals surface area contributed by atoms with Crippen molar-refractivity contribution in [2.24, 2.45) is 5.73 Å². The van der Waals surface area contributed by atoms with Crippen LogP contribution in [-0.2, 0) is 4.74 Å². The molecule has 0 aliphatic heterocycles. The number of rotatable bonds is 5. The molecule has 0 fully saturated rings. The number of nitrogens with two attached hydrogens (primary N) is 1. The lowest BCUT2D eigenvalue weighted by Gasteiger charge is -2.02. The Balaban J connectivity index is 3.11. The Labute approximate surface area is 71.8 Å². The van der Waals surface area contributed by atoms with Crippen LogP contribution in [0.15, 0.2) is 0 Å². The van der Waals surface area contributed by atoms with Gasteiger partial charge >= 0.3 is 6.09 Å². The van der Waals surface area contributed by atoms with E-state index < -0.39 is 6.09 Å². The van der Waals surface area contributed by atoms with Gasteiger partial charge in [0.05, 0.1) is 12.9 Å². The maximum absolute atomic E-state index is 10.5. The first kappa shape index (κ1) is 10.7. The quantitative estimate of drug-likeness (QED) is 0.320. The Hall–Kier alpha value is -1.26. The van der Waals surface area contributed by atoms with Crippen molar-refractivity contribution in [3.8, 4) is 0 Å². The van der Waals surface area contributed by atoms with Gasteiger partial charge in [-0.15, -0.1) is 0 Å². The molecule has 5 heteroatoms. The van der Waals surface area contributed by atoms with E-state index >= 15 is 0 Å². The summed E-state index contributed by atoms with van der Waals surface area (Å²) in [5.74, 6) is 0.188. The first-order chi connectivity index (χ1) is 5.66. The molecule has 0 spiro atoms. The summed E-state index contributed by atoms with van der Waals surface area (Å²) in [5.41, 5.74) is 5.13. The molecule has 1 amide bonds. The first-order valence-electron chi connectivity index (χ1n) is 3.81. The van der Waals surface area contributed by atoms with Crippen LogP contribution in [0.25, 0.3) is 0 Å². The first-order valence-corrected chi connectivity index (χ1v) is 3.81. The minimum Gasteiger partial charge on any atom is -0.453 e. The molecule has 0 rings (SSSR count). The van der Waals surface area contributed by atoms with Crippen LogP contribution in [0.5, 0.6) is 0 Å². The van der Waals surface area contributed by atoms with E-state index in [4.69, 9.17) is 11.1 Å². The van der Waals surface area contributed by atoms with Crippen LogP contribution in [0.1, 0.15) is 19.3 Å². The van der Waals surface area contributed by atoms with Crippen LogP contribution in [0.2, 0.25) is 0 Å². The van der Waals surface area contributed by atoms with Crippen LogP contribution in [-0.4, -0.2) is 25.6 Å². The summed E-state index contributed by atoms with van der Waals surface area (Å²) < 4.78 is 4.36. The van der Waals surface area contributed by atoms with Gasteiger partial charge in [0.2, 0.25) is 0 Å². The van der Waals surface area contributed by atoms with Crippen molar-refractivity contribution < 1.29 is 9.53 Å². The highest BCUT2D eigenvalue weighted by Gasteiger charge is 1.96. The average molecular weight is 173 g/mol. The average Bonchev–Trinajstić information content (AvgIpc) is 2.03. The summed E-state index contributed by atoms with van der Waals surface area (Å²) in [6.07, 6.45) is 1.80. The zero-order valence-corrected chi connectivity index (χ0v) is 7.22. The molecule has 0 saturated heterocycles. The molecule has 0 heterocycles. The molecule has 0 unspecified atom stereocenters. The van der Waals surface area contributed by atoms with Crippen molar-refractivity contribution in [2.75, 3.05) is 13.7 Å². The lowest BCUT2D eigenvalue weighted by atomic mass is 10.2. The van der Waals surface area contributed by atoms with E-state index in [0.29, 0.717) is 13.0 Å². The normalized spacial score (nSPS) is 9.08. The largest absolute Gasteiger partial charge is 0.453 e. The molecule has 0 aromatic carbocycles. The van der Waals surface area contributed by atoms with Gasteiger partial charge in [0.1, 0.15) is 0 Å². The standard InChI is InChI=1S/C7H15N3O2/c1-12-7(11)10-5-3-2-4-6(8)9/h2-5H2,1H3,(H3,8,9)(H,10,11). The summed E-state index contributed by atoms with van der Waals surface area (Å²) >= 11 is 0. The summed E-state index contributed by atoms with van der Waals surface area (Å²) in [7, 11) is 1.32. The molecule has 0 aromatic heterocycles. The number of carbonyl (C=O) groups excluding carboxylic acids is 1. The van der Waals surface area contributed by atoms with Crippen molar-refractivity contribution >= 4 is 11.9 Å². The van der Waals surface area contributed by atoms with Gasteiger partial charge in [-0.2, -0.15) is 0 Å². The monoisotopic (exact) mass is 173 g/mol. The highest BCUT2D eigenvalue weighted by molar-refractivity contribution is 5.76. The van der Waals surface area contributed by atoms with Crippen LogP contribution < -0.4 is 11.1 Å².